The van der Waals surface area contributed by atoms with E-state index < -0.39 is 27.0 Å². The fourth-order valence-electron chi connectivity index (χ4n) is 2.12. The van der Waals surface area contributed by atoms with Crippen LogP contribution in [0, 0.1) is 0 Å². The Balaban J connectivity index is 2.59. The van der Waals surface area contributed by atoms with Gasteiger partial charge < -0.3 is 10.4 Å². The van der Waals surface area contributed by atoms with E-state index in [0.717, 1.165) is 38.4 Å². The van der Waals surface area contributed by atoms with Gasteiger partial charge in [-0.2, -0.15) is 0 Å². The van der Waals surface area contributed by atoms with E-state index in [9.17, 15) is 18.3 Å². The number of rotatable bonds is 4. The van der Waals surface area contributed by atoms with Crippen molar-refractivity contribution in [2.24, 2.45) is 0 Å². The third-order valence-electron chi connectivity index (χ3n) is 2.91. The van der Waals surface area contributed by atoms with E-state index in [0.29, 0.717) is 0 Å². The van der Waals surface area contributed by atoms with Gasteiger partial charge in [-0.15, -0.1) is 0 Å². The monoisotopic (exact) mass is 249 g/mol. The van der Waals surface area contributed by atoms with Crippen molar-refractivity contribution >= 4 is 15.7 Å². The average Bonchev–Trinajstić information content (AvgIpc) is 2.16. The number of nitrogens with one attached hydrogen (secondary N) is 1. The molecular weight excluding hydrogens is 230 g/mol. The Morgan fingerprint density at radius 3 is 2.31 bits per heavy atom. The molecule has 0 aromatic heterocycles. The Hall–Kier alpha value is -0.620. The molecule has 0 atom stereocenters. The lowest BCUT2D eigenvalue weighted by molar-refractivity contribution is -0.121. The van der Waals surface area contributed by atoms with Crippen molar-refractivity contribution in [1.82, 2.24) is 5.32 Å². The summed E-state index contributed by atoms with van der Waals surface area (Å²) in [4.78, 5) is 11.5. The molecule has 0 aliphatic heterocycles. The molecule has 1 rings (SSSR count). The summed E-state index contributed by atoms with van der Waals surface area (Å²) in [6.07, 6.45) is 5.49. The molecule has 6 heteroatoms. The zero-order valence-corrected chi connectivity index (χ0v) is 10.3. The first-order valence-electron chi connectivity index (χ1n) is 5.46. The minimum absolute atomic E-state index is 0.123. The molecule has 1 amide bonds. The van der Waals surface area contributed by atoms with Gasteiger partial charge in [-0.25, -0.2) is 8.42 Å². The lowest BCUT2D eigenvalue weighted by Gasteiger charge is -2.36. The van der Waals surface area contributed by atoms with Gasteiger partial charge in [-0.3, -0.25) is 4.79 Å². The quantitative estimate of drug-likeness (QED) is 0.725. The van der Waals surface area contributed by atoms with Crippen LogP contribution in [0.15, 0.2) is 0 Å². The van der Waals surface area contributed by atoms with Crippen molar-refractivity contribution < 1.29 is 18.3 Å². The topological polar surface area (TPSA) is 83.5 Å². The van der Waals surface area contributed by atoms with Crippen LogP contribution in [-0.4, -0.2) is 43.6 Å². The molecule has 0 aromatic rings. The molecule has 1 fully saturated rings. The lowest BCUT2D eigenvalue weighted by Crippen LogP contribution is -2.53. The number of carbonyl (C=O) groups excluding carboxylic acids is 1. The Morgan fingerprint density at radius 1 is 1.31 bits per heavy atom. The van der Waals surface area contributed by atoms with Crippen LogP contribution >= 0.6 is 0 Å². The molecule has 2 N–H and O–H groups in total. The van der Waals surface area contributed by atoms with E-state index in [1.807, 2.05) is 0 Å². The van der Waals surface area contributed by atoms with E-state index in [1.165, 1.54) is 0 Å². The van der Waals surface area contributed by atoms with Gasteiger partial charge in [-0.05, 0) is 12.8 Å². The van der Waals surface area contributed by atoms with E-state index in [2.05, 4.69) is 5.32 Å². The third-order valence-corrected chi connectivity index (χ3v) is 3.70. The van der Waals surface area contributed by atoms with Gasteiger partial charge in [0.2, 0.25) is 5.91 Å². The summed E-state index contributed by atoms with van der Waals surface area (Å²) in [5, 5.41) is 12.0. The van der Waals surface area contributed by atoms with Crippen LogP contribution in [0.25, 0.3) is 0 Å². The van der Waals surface area contributed by atoms with Gasteiger partial charge in [0.1, 0.15) is 5.75 Å². The minimum atomic E-state index is -3.30. The van der Waals surface area contributed by atoms with Crippen molar-refractivity contribution in [2.75, 3.05) is 18.6 Å². The molecule has 0 radical (unpaired) electrons. The number of sulfone groups is 1. The second kappa shape index (κ2) is 5.14. The number of aliphatic hydroxyl groups is 1. The molecule has 0 bridgehead atoms. The van der Waals surface area contributed by atoms with E-state index in [-0.39, 0.29) is 6.61 Å². The second-order valence-corrected chi connectivity index (χ2v) is 6.76. The first-order valence-corrected chi connectivity index (χ1v) is 7.53. The highest BCUT2D eigenvalue weighted by atomic mass is 32.2. The highest BCUT2D eigenvalue weighted by Gasteiger charge is 2.33. The van der Waals surface area contributed by atoms with Crippen LogP contribution in [0.1, 0.15) is 32.1 Å². The van der Waals surface area contributed by atoms with Crippen molar-refractivity contribution in [3.05, 3.63) is 0 Å². The van der Waals surface area contributed by atoms with Crippen molar-refractivity contribution in [1.29, 1.82) is 0 Å². The highest BCUT2D eigenvalue weighted by Crippen LogP contribution is 2.27. The predicted molar refractivity (Wildman–Crippen MR) is 60.8 cm³/mol. The molecular formula is C10H19NO4S. The highest BCUT2D eigenvalue weighted by molar-refractivity contribution is 7.91. The minimum Gasteiger partial charge on any atom is -0.394 e. The van der Waals surface area contributed by atoms with Crippen LogP contribution in [0.2, 0.25) is 0 Å². The van der Waals surface area contributed by atoms with Crippen molar-refractivity contribution in [3.63, 3.8) is 0 Å². The second-order valence-electron chi connectivity index (χ2n) is 4.62. The molecule has 0 heterocycles. The Kier molecular flexibility index (Phi) is 4.32. The molecule has 5 nitrogen and oxygen atoms in total. The number of hydrogen-bond donors (Lipinski definition) is 2. The molecule has 0 saturated heterocycles. The van der Waals surface area contributed by atoms with E-state index >= 15 is 0 Å². The molecule has 1 aliphatic rings. The van der Waals surface area contributed by atoms with Crippen LogP contribution < -0.4 is 5.32 Å². The zero-order valence-electron chi connectivity index (χ0n) is 9.53. The number of aliphatic hydroxyl groups excluding tert-OH is 1. The molecule has 1 aliphatic carbocycles. The van der Waals surface area contributed by atoms with Crippen LogP contribution in [-0.2, 0) is 14.6 Å². The summed E-state index contributed by atoms with van der Waals surface area (Å²) in [7, 11) is -3.30. The van der Waals surface area contributed by atoms with Crippen molar-refractivity contribution in [2.45, 2.75) is 37.6 Å². The first kappa shape index (κ1) is 13.4. The number of hydrogen-bond acceptors (Lipinski definition) is 4. The van der Waals surface area contributed by atoms with Gasteiger partial charge in [0.25, 0.3) is 0 Å². The summed E-state index contributed by atoms with van der Waals surface area (Å²) < 4.78 is 21.9. The summed E-state index contributed by atoms with van der Waals surface area (Å²) in [6.45, 7) is -0.123. The summed E-state index contributed by atoms with van der Waals surface area (Å²) in [5.41, 5.74) is -0.597. The van der Waals surface area contributed by atoms with Crippen LogP contribution in [0.5, 0.6) is 0 Å². The SMILES string of the molecule is CS(=O)(=O)CC(=O)NC1(CO)CCCCC1. The fraction of sp³-hybridized carbons (Fsp3) is 0.900. The maximum Gasteiger partial charge on any atom is 0.235 e. The molecule has 94 valence electrons. The zero-order chi connectivity index (χ0) is 12.2. The summed E-state index contributed by atoms with van der Waals surface area (Å²) >= 11 is 0. The maximum atomic E-state index is 11.5. The van der Waals surface area contributed by atoms with Crippen LogP contribution in [0.3, 0.4) is 0 Å². The number of carbonyl (C=O) groups is 1. The van der Waals surface area contributed by atoms with E-state index in [4.69, 9.17) is 0 Å². The fourth-order valence-corrected chi connectivity index (χ4v) is 2.67. The van der Waals surface area contributed by atoms with Gasteiger partial charge in [-0.1, -0.05) is 19.3 Å². The molecule has 0 aromatic carbocycles. The normalized spacial score (nSPS) is 20.4. The Bertz CT molecular complexity index is 344. The van der Waals surface area contributed by atoms with Gasteiger partial charge in [0.05, 0.1) is 12.1 Å². The smallest absolute Gasteiger partial charge is 0.235 e. The molecule has 0 spiro atoms. The van der Waals surface area contributed by atoms with Gasteiger partial charge in [0.15, 0.2) is 9.84 Å². The number of amides is 1. The molecule has 1 saturated carbocycles. The Labute approximate surface area is 96.1 Å². The molecule has 16 heavy (non-hydrogen) atoms. The molecule has 0 unspecified atom stereocenters. The average molecular weight is 249 g/mol. The summed E-state index contributed by atoms with van der Waals surface area (Å²) in [5.74, 6) is -1.02. The largest absolute Gasteiger partial charge is 0.394 e. The van der Waals surface area contributed by atoms with Crippen LogP contribution in [0.4, 0.5) is 0 Å². The Morgan fingerprint density at radius 2 is 1.88 bits per heavy atom. The van der Waals surface area contributed by atoms with E-state index in [1.54, 1.807) is 0 Å². The summed E-state index contributed by atoms with van der Waals surface area (Å²) in [6, 6.07) is 0. The van der Waals surface area contributed by atoms with Gasteiger partial charge in [0, 0.05) is 6.26 Å². The van der Waals surface area contributed by atoms with Gasteiger partial charge >= 0.3 is 0 Å². The maximum absolute atomic E-state index is 11.5. The lowest BCUT2D eigenvalue weighted by atomic mass is 9.82. The predicted octanol–water partition coefficient (Wildman–Crippen LogP) is -0.158. The first-order chi connectivity index (χ1) is 7.37. The standard InChI is InChI=1S/C10H19NO4S/c1-16(14,15)7-9(13)11-10(8-12)5-3-2-4-6-10/h12H,2-8H2,1H3,(H,11,13). The third kappa shape index (κ3) is 4.09. The van der Waals surface area contributed by atoms with Crippen molar-refractivity contribution in [3.8, 4) is 0 Å².